The Morgan fingerprint density at radius 3 is 2.31 bits per heavy atom. The van der Waals surface area contributed by atoms with E-state index in [1.54, 1.807) is 25.1 Å². The lowest BCUT2D eigenvalue weighted by atomic mass is 9.92. The average molecular weight is 862 g/mol. The first-order valence-corrected chi connectivity index (χ1v) is 20.0. The summed E-state index contributed by atoms with van der Waals surface area (Å²) >= 11 is 0. The van der Waals surface area contributed by atoms with Crippen LogP contribution in [0.5, 0.6) is 5.75 Å². The number of carbonyl (C=O) groups is 10. The van der Waals surface area contributed by atoms with Crippen LogP contribution in [-0.4, -0.2) is 123 Å². The van der Waals surface area contributed by atoms with Gasteiger partial charge in [0, 0.05) is 102 Å². The first kappa shape index (κ1) is 51.0. The molecule has 2 rings (SSSR count). The Labute approximate surface area is 354 Å². The van der Waals surface area contributed by atoms with Gasteiger partial charge in [-0.1, -0.05) is 6.42 Å². The summed E-state index contributed by atoms with van der Waals surface area (Å²) in [5.41, 5.74) is 0.815. The number of hydrogen-bond donors (Lipinski definition) is 6. The highest BCUT2D eigenvalue weighted by molar-refractivity contribution is 6.03. The quantitative estimate of drug-likeness (QED) is 0.0278. The van der Waals surface area contributed by atoms with Gasteiger partial charge in [-0.2, -0.15) is 0 Å². The number of benzene rings is 1. The lowest BCUT2D eigenvalue weighted by Crippen LogP contribution is -2.39. The molecule has 61 heavy (non-hydrogen) atoms. The third-order valence-corrected chi connectivity index (χ3v) is 9.29. The smallest absolute Gasteiger partial charge is 0.407 e. The van der Waals surface area contributed by atoms with E-state index in [0.29, 0.717) is 37.1 Å². The minimum Gasteiger partial charge on any atom is -0.491 e. The van der Waals surface area contributed by atoms with Crippen LogP contribution in [0.2, 0.25) is 0 Å². The Kier molecular flexibility index (Phi) is 23.1. The number of ketones is 1. The molecule has 1 heterocycles. The number of rotatable bonds is 29. The van der Waals surface area contributed by atoms with Gasteiger partial charge in [-0.25, -0.2) is 4.79 Å². The Bertz CT molecular complexity index is 1710. The van der Waals surface area contributed by atoms with E-state index in [-0.39, 0.29) is 101 Å². The van der Waals surface area contributed by atoms with Crippen molar-refractivity contribution in [3.63, 3.8) is 0 Å². The number of carbonyl (C=O) groups excluding carboxylic acids is 10. The molecule has 0 aromatic heterocycles. The molecular weight excluding hydrogens is 802 g/mol. The summed E-state index contributed by atoms with van der Waals surface area (Å²) in [6.07, 6.45) is -0.117. The van der Waals surface area contributed by atoms with Crippen LogP contribution in [0.25, 0.3) is 0 Å². The molecule has 1 aliphatic heterocycles. The van der Waals surface area contributed by atoms with Crippen molar-refractivity contribution in [3.8, 4) is 5.75 Å². The molecule has 1 unspecified atom stereocenters. The van der Waals surface area contributed by atoms with E-state index in [4.69, 9.17) is 18.9 Å². The molecule has 1 fully saturated rings. The van der Waals surface area contributed by atoms with Crippen LogP contribution in [0.15, 0.2) is 18.2 Å². The van der Waals surface area contributed by atoms with Crippen molar-refractivity contribution in [2.75, 3.05) is 51.8 Å². The first-order valence-electron chi connectivity index (χ1n) is 20.0. The average Bonchev–Trinajstić information content (AvgIpc) is 3.47. The van der Waals surface area contributed by atoms with E-state index in [2.05, 4.69) is 31.9 Å². The van der Waals surface area contributed by atoms with Gasteiger partial charge >= 0.3 is 6.09 Å². The van der Waals surface area contributed by atoms with Crippen molar-refractivity contribution < 1.29 is 66.9 Å². The van der Waals surface area contributed by atoms with E-state index in [9.17, 15) is 47.9 Å². The number of nitrogens with zero attached hydrogens (tertiary/aromatic N) is 1. The number of alkyl carbamates (subject to hydrolysis) is 1. The molecule has 4 atom stereocenters. The molecule has 8 amide bonds. The lowest BCUT2D eigenvalue weighted by molar-refractivity contribution is -0.140. The van der Waals surface area contributed by atoms with Crippen LogP contribution < -0.4 is 36.6 Å². The topological polar surface area (TPSA) is 283 Å². The first-order chi connectivity index (χ1) is 29.0. The number of amides is 8. The van der Waals surface area contributed by atoms with Crippen LogP contribution in [0.1, 0.15) is 84.6 Å². The Morgan fingerprint density at radius 2 is 1.64 bits per heavy atom. The van der Waals surface area contributed by atoms with Crippen LogP contribution >= 0.6 is 0 Å². The second-order valence-corrected chi connectivity index (χ2v) is 14.3. The summed E-state index contributed by atoms with van der Waals surface area (Å²) in [6.45, 7) is 6.16. The fraction of sp³-hybridized carbons (Fsp3) is 0.600. The molecule has 21 heteroatoms. The predicted octanol–water partition coefficient (Wildman–Crippen LogP) is 0.580. The number of imide groups is 1. The molecule has 1 aliphatic rings. The molecule has 1 aromatic rings. The number of anilines is 1. The van der Waals surface area contributed by atoms with Gasteiger partial charge in [0.25, 0.3) is 6.47 Å². The summed E-state index contributed by atoms with van der Waals surface area (Å²) in [5.74, 6) is -4.14. The van der Waals surface area contributed by atoms with E-state index in [0.717, 1.165) is 4.90 Å². The largest absolute Gasteiger partial charge is 0.491 e. The Morgan fingerprint density at radius 1 is 0.902 bits per heavy atom. The summed E-state index contributed by atoms with van der Waals surface area (Å²) in [6, 6.07) is 3.95. The zero-order chi connectivity index (χ0) is 45.3. The van der Waals surface area contributed by atoms with Gasteiger partial charge in [0.2, 0.25) is 41.4 Å². The Balaban J connectivity index is 1.91. The molecule has 338 valence electrons. The van der Waals surface area contributed by atoms with Crippen molar-refractivity contribution in [2.24, 2.45) is 11.8 Å². The fourth-order valence-corrected chi connectivity index (χ4v) is 6.17. The SMILES string of the molecule is CNC(=O)OCc1ccc(NC(=O)[C@H](CCCCNC(C)=O)CC(=O)[C@H](C)NC(C)=O)cc1OCCOCCNC(=O)CCN1C(=O)CC(CC[C@H](NC(C)=O)OC=O)C1=O. The highest BCUT2D eigenvalue weighted by atomic mass is 16.6. The maximum absolute atomic E-state index is 13.5. The van der Waals surface area contributed by atoms with Gasteiger partial charge in [0.15, 0.2) is 12.0 Å². The van der Waals surface area contributed by atoms with E-state index >= 15 is 0 Å². The molecule has 6 N–H and O–H groups in total. The van der Waals surface area contributed by atoms with Crippen LogP contribution in [0.4, 0.5) is 10.5 Å². The number of likely N-dealkylation sites (tertiary alicyclic amines) is 1. The highest BCUT2D eigenvalue weighted by Gasteiger charge is 2.38. The molecule has 1 saturated heterocycles. The van der Waals surface area contributed by atoms with E-state index in [1.165, 1.54) is 27.8 Å². The van der Waals surface area contributed by atoms with Gasteiger partial charge in [0.05, 0.1) is 19.3 Å². The zero-order valence-corrected chi connectivity index (χ0v) is 35.4. The van der Waals surface area contributed by atoms with Crippen molar-refractivity contribution in [3.05, 3.63) is 23.8 Å². The molecule has 21 nitrogen and oxygen atoms in total. The number of hydrogen-bond acceptors (Lipinski definition) is 14. The normalized spacial score (nSPS) is 14.8. The van der Waals surface area contributed by atoms with Crippen LogP contribution in [-0.2, 0) is 64.0 Å². The number of ether oxygens (including phenoxy) is 4. The summed E-state index contributed by atoms with van der Waals surface area (Å²) in [5, 5.41) is 15.5. The van der Waals surface area contributed by atoms with E-state index in [1.807, 2.05) is 0 Å². The zero-order valence-electron chi connectivity index (χ0n) is 35.4. The van der Waals surface area contributed by atoms with Gasteiger partial charge in [-0.3, -0.25) is 48.1 Å². The maximum Gasteiger partial charge on any atom is 0.407 e. The summed E-state index contributed by atoms with van der Waals surface area (Å²) < 4.78 is 21.5. The standard InChI is InChI=1S/C40H59N7O14/c1-25(44-27(3)50)33(52)20-29(8-6-7-14-42-26(2)49)38(55)46-32-11-9-31(23-60-40(57)41-5)34(22-32)59-19-18-58-17-15-43-35(53)13-16-47-37(54)21-30(39(47)56)10-12-36(61-24-48)45-28(4)51/h9,11,22,24-25,29-30,36H,6-8,10,12-21,23H2,1-5H3,(H,41,57)(H,42,49)(H,43,53)(H,44,50)(H,45,51)(H,46,55)/t25-,29+,30?,36+/m0/s1. The third-order valence-electron chi connectivity index (χ3n) is 9.29. The molecule has 0 saturated carbocycles. The van der Waals surface area contributed by atoms with Crippen molar-refractivity contribution in [1.82, 2.24) is 31.5 Å². The van der Waals surface area contributed by atoms with Crippen molar-refractivity contribution in [2.45, 2.75) is 97.9 Å². The van der Waals surface area contributed by atoms with Crippen LogP contribution in [0, 0.1) is 11.8 Å². The molecule has 0 bridgehead atoms. The number of unbranched alkanes of at least 4 members (excludes halogenated alkanes) is 1. The van der Waals surface area contributed by atoms with Gasteiger partial charge < -0.3 is 50.8 Å². The fourth-order valence-electron chi connectivity index (χ4n) is 6.17. The molecule has 1 aromatic carbocycles. The minimum absolute atomic E-state index is 0.0258. The monoisotopic (exact) mass is 861 g/mol. The van der Waals surface area contributed by atoms with Gasteiger partial charge in [-0.05, 0) is 38.3 Å². The maximum atomic E-state index is 13.5. The second-order valence-electron chi connectivity index (χ2n) is 14.3. The predicted molar refractivity (Wildman–Crippen MR) is 216 cm³/mol. The van der Waals surface area contributed by atoms with Crippen LogP contribution in [0.3, 0.4) is 0 Å². The summed E-state index contributed by atoms with van der Waals surface area (Å²) in [7, 11) is 1.41. The molecule has 0 spiro atoms. The lowest BCUT2D eigenvalue weighted by Gasteiger charge is -2.20. The highest BCUT2D eigenvalue weighted by Crippen LogP contribution is 2.27. The number of Topliss-reactive ketones (excluding diaryl/α,β-unsaturated/α-hetero) is 1. The molecular formula is C40H59N7O14. The summed E-state index contributed by atoms with van der Waals surface area (Å²) in [4.78, 5) is 122. The number of nitrogens with one attached hydrogen (secondary N) is 6. The van der Waals surface area contributed by atoms with E-state index < -0.39 is 59.7 Å². The Hall–Kier alpha value is -6.12. The van der Waals surface area contributed by atoms with Gasteiger partial charge in [-0.15, -0.1) is 0 Å². The van der Waals surface area contributed by atoms with Gasteiger partial charge in [0.1, 0.15) is 19.0 Å². The third kappa shape index (κ3) is 20.1. The molecule has 0 radical (unpaired) electrons. The van der Waals surface area contributed by atoms with Crippen molar-refractivity contribution in [1.29, 1.82) is 0 Å². The second kappa shape index (κ2) is 27.6. The van der Waals surface area contributed by atoms with Crippen molar-refractivity contribution >= 4 is 65.4 Å². The minimum atomic E-state index is -0.924. The molecule has 0 aliphatic carbocycles.